The molecule has 0 saturated carbocycles. The Bertz CT molecular complexity index is 1080. The van der Waals surface area contributed by atoms with Gasteiger partial charge in [-0.3, -0.25) is 9.59 Å². The fourth-order valence-electron chi connectivity index (χ4n) is 3.19. The van der Waals surface area contributed by atoms with Gasteiger partial charge in [0.05, 0.1) is 12.2 Å². The molecule has 0 aromatic heterocycles. The number of anilines is 2. The van der Waals surface area contributed by atoms with Gasteiger partial charge in [-0.25, -0.2) is 0 Å². The third-order valence-electron chi connectivity index (χ3n) is 4.81. The quantitative estimate of drug-likeness (QED) is 0.675. The van der Waals surface area contributed by atoms with Crippen molar-refractivity contribution in [2.24, 2.45) is 0 Å². The first kappa shape index (κ1) is 19.0. The van der Waals surface area contributed by atoms with E-state index in [-0.39, 0.29) is 18.4 Å². The Labute approximate surface area is 173 Å². The Morgan fingerprint density at radius 3 is 2.66 bits per heavy atom. The smallest absolute Gasteiger partial charge is 0.265 e. The summed E-state index contributed by atoms with van der Waals surface area (Å²) in [4.78, 5) is 26.6. The van der Waals surface area contributed by atoms with Crippen LogP contribution in [0.5, 0.6) is 5.75 Å². The molecule has 4 rings (SSSR count). The fourth-order valence-corrected chi connectivity index (χ4v) is 3.37. The van der Waals surface area contributed by atoms with Gasteiger partial charge in [0.15, 0.2) is 6.61 Å². The molecule has 146 valence electrons. The largest absolute Gasteiger partial charge is 0.482 e. The van der Waals surface area contributed by atoms with Crippen LogP contribution in [0.4, 0.5) is 11.4 Å². The molecule has 1 aliphatic heterocycles. The third-order valence-corrected chi connectivity index (χ3v) is 5.05. The first-order chi connectivity index (χ1) is 14.0. The maximum Gasteiger partial charge on any atom is 0.265 e. The predicted octanol–water partition coefficient (Wildman–Crippen LogP) is 4.83. The standard InChI is InChI=1S/C23H19ClN2O3/c1-15-6-11-18(24)12-19(15)25-23(28)17-9-7-16(8-10-17)13-26-20-4-2-3-5-21(20)29-14-22(26)27/h2-12H,13-14H2,1H3,(H,25,28). The topological polar surface area (TPSA) is 58.6 Å². The molecule has 29 heavy (non-hydrogen) atoms. The first-order valence-corrected chi connectivity index (χ1v) is 9.58. The first-order valence-electron chi connectivity index (χ1n) is 9.20. The molecule has 1 heterocycles. The van der Waals surface area contributed by atoms with Crippen LogP contribution in [0.3, 0.4) is 0 Å². The van der Waals surface area contributed by atoms with Crippen molar-refractivity contribution in [3.8, 4) is 5.75 Å². The number of nitrogens with one attached hydrogen (secondary N) is 1. The fraction of sp³-hybridized carbons (Fsp3) is 0.130. The van der Waals surface area contributed by atoms with Crippen molar-refractivity contribution < 1.29 is 14.3 Å². The van der Waals surface area contributed by atoms with Crippen LogP contribution in [-0.2, 0) is 11.3 Å². The van der Waals surface area contributed by atoms with Crippen molar-refractivity contribution in [2.45, 2.75) is 13.5 Å². The number of amides is 2. The number of benzene rings is 3. The molecule has 5 nitrogen and oxygen atoms in total. The maximum atomic E-state index is 12.6. The lowest BCUT2D eigenvalue weighted by Gasteiger charge is -2.29. The van der Waals surface area contributed by atoms with E-state index in [9.17, 15) is 9.59 Å². The Kier molecular flexibility index (Phi) is 5.23. The summed E-state index contributed by atoms with van der Waals surface area (Å²) in [5.41, 5.74) is 3.82. The number of para-hydroxylation sites is 2. The number of halogens is 1. The lowest BCUT2D eigenvalue weighted by Crippen LogP contribution is -2.38. The number of aryl methyl sites for hydroxylation is 1. The molecule has 0 aliphatic carbocycles. The number of fused-ring (bicyclic) bond motifs is 1. The van der Waals surface area contributed by atoms with Crippen LogP contribution in [0.2, 0.25) is 5.02 Å². The Morgan fingerprint density at radius 1 is 1.10 bits per heavy atom. The molecule has 0 bridgehead atoms. The molecule has 1 N–H and O–H groups in total. The predicted molar refractivity (Wildman–Crippen MR) is 114 cm³/mol. The summed E-state index contributed by atoms with van der Waals surface area (Å²) < 4.78 is 5.48. The van der Waals surface area contributed by atoms with Gasteiger partial charge < -0.3 is 15.0 Å². The van der Waals surface area contributed by atoms with Gasteiger partial charge in [0.1, 0.15) is 5.75 Å². The highest BCUT2D eigenvalue weighted by atomic mass is 35.5. The van der Waals surface area contributed by atoms with Crippen molar-refractivity contribution in [2.75, 3.05) is 16.8 Å². The minimum absolute atomic E-state index is 0.0243. The number of carbonyl (C=O) groups excluding carboxylic acids is 2. The number of hydrogen-bond donors (Lipinski definition) is 1. The number of hydrogen-bond acceptors (Lipinski definition) is 3. The molecule has 0 atom stereocenters. The van der Waals surface area contributed by atoms with E-state index in [2.05, 4.69) is 5.32 Å². The van der Waals surface area contributed by atoms with E-state index >= 15 is 0 Å². The van der Waals surface area contributed by atoms with Crippen molar-refractivity contribution in [1.82, 2.24) is 0 Å². The molecule has 0 fully saturated rings. The summed E-state index contributed by atoms with van der Waals surface area (Å²) >= 11 is 6.02. The minimum atomic E-state index is -0.213. The van der Waals surface area contributed by atoms with E-state index in [0.29, 0.717) is 28.6 Å². The van der Waals surface area contributed by atoms with Gasteiger partial charge in [0, 0.05) is 16.3 Å². The zero-order valence-electron chi connectivity index (χ0n) is 15.8. The SMILES string of the molecule is Cc1ccc(Cl)cc1NC(=O)c1ccc(CN2C(=O)COc3ccccc32)cc1. The van der Waals surface area contributed by atoms with E-state index in [1.807, 2.05) is 49.4 Å². The number of rotatable bonds is 4. The van der Waals surface area contributed by atoms with Gasteiger partial charge in [-0.1, -0.05) is 41.9 Å². The molecular weight excluding hydrogens is 388 g/mol. The zero-order chi connectivity index (χ0) is 20.4. The highest BCUT2D eigenvalue weighted by Gasteiger charge is 2.25. The zero-order valence-corrected chi connectivity index (χ0v) is 16.6. The number of carbonyl (C=O) groups is 2. The minimum Gasteiger partial charge on any atom is -0.482 e. The average Bonchev–Trinajstić information content (AvgIpc) is 2.73. The van der Waals surface area contributed by atoms with Gasteiger partial charge in [-0.2, -0.15) is 0 Å². The van der Waals surface area contributed by atoms with Crippen molar-refractivity contribution >= 4 is 34.8 Å². The van der Waals surface area contributed by atoms with Gasteiger partial charge in [-0.05, 0) is 54.4 Å². The molecule has 3 aromatic carbocycles. The van der Waals surface area contributed by atoms with E-state index in [0.717, 1.165) is 16.8 Å². The average molecular weight is 407 g/mol. The highest BCUT2D eigenvalue weighted by molar-refractivity contribution is 6.31. The highest BCUT2D eigenvalue weighted by Crippen LogP contribution is 2.32. The van der Waals surface area contributed by atoms with Crippen LogP contribution in [0.15, 0.2) is 66.7 Å². The van der Waals surface area contributed by atoms with Gasteiger partial charge >= 0.3 is 0 Å². The summed E-state index contributed by atoms with van der Waals surface area (Å²) in [6.07, 6.45) is 0. The van der Waals surface area contributed by atoms with Crippen molar-refractivity contribution in [3.63, 3.8) is 0 Å². The Morgan fingerprint density at radius 2 is 1.86 bits per heavy atom. The molecule has 3 aromatic rings. The summed E-state index contributed by atoms with van der Waals surface area (Å²) in [6, 6.07) is 20.0. The van der Waals surface area contributed by atoms with Crippen molar-refractivity contribution in [3.05, 3.63) is 88.4 Å². The Hall–Kier alpha value is -3.31. The van der Waals surface area contributed by atoms with Crippen molar-refractivity contribution in [1.29, 1.82) is 0 Å². The summed E-state index contributed by atoms with van der Waals surface area (Å²) in [6.45, 7) is 2.34. The van der Waals surface area contributed by atoms with E-state index < -0.39 is 0 Å². The normalized spacial score (nSPS) is 12.9. The van der Waals surface area contributed by atoms with Crippen LogP contribution in [0, 0.1) is 6.92 Å². The molecule has 0 radical (unpaired) electrons. The Balaban J connectivity index is 1.49. The van der Waals surface area contributed by atoms with E-state index in [1.165, 1.54) is 0 Å². The molecule has 2 amide bonds. The summed E-state index contributed by atoms with van der Waals surface area (Å²) in [7, 11) is 0. The molecule has 6 heteroatoms. The molecule has 0 saturated heterocycles. The van der Waals surface area contributed by atoms with Gasteiger partial charge in [-0.15, -0.1) is 0 Å². The van der Waals surface area contributed by atoms with Gasteiger partial charge in [0.25, 0.3) is 11.8 Å². The summed E-state index contributed by atoms with van der Waals surface area (Å²) in [5.74, 6) is 0.386. The van der Waals surface area contributed by atoms with E-state index in [4.69, 9.17) is 16.3 Å². The second kappa shape index (κ2) is 7.97. The lowest BCUT2D eigenvalue weighted by molar-refractivity contribution is -0.121. The van der Waals surface area contributed by atoms with E-state index in [1.54, 1.807) is 29.2 Å². The van der Waals surface area contributed by atoms with Crippen LogP contribution in [-0.4, -0.2) is 18.4 Å². The maximum absolute atomic E-state index is 12.6. The second-order valence-corrected chi connectivity index (χ2v) is 7.28. The summed E-state index contributed by atoms with van der Waals surface area (Å²) in [5, 5.41) is 3.45. The van der Waals surface area contributed by atoms with Crippen LogP contribution in [0.1, 0.15) is 21.5 Å². The molecule has 1 aliphatic rings. The van der Waals surface area contributed by atoms with Crippen LogP contribution in [0.25, 0.3) is 0 Å². The van der Waals surface area contributed by atoms with Crippen LogP contribution < -0.4 is 15.0 Å². The number of nitrogens with zero attached hydrogens (tertiary/aromatic N) is 1. The molecule has 0 spiro atoms. The van der Waals surface area contributed by atoms with Crippen LogP contribution >= 0.6 is 11.6 Å². The number of ether oxygens (including phenoxy) is 1. The molecule has 0 unspecified atom stereocenters. The lowest BCUT2D eigenvalue weighted by atomic mass is 10.1. The third kappa shape index (κ3) is 4.10. The second-order valence-electron chi connectivity index (χ2n) is 6.85. The monoisotopic (exact) mass is 406 g/mol. The van der Waals surface area contributed by atoms with Gasteiger partial charge in [0.2, 0.25) is 0 Å². The molecular formula is C23H19ClN2O3.